The summed E-state index contributed by atoms with van der Waals surface area (Å²) in [6.45, 7) is 2.87. The molecule has 26 heavy (non-hydrogen) atoms. The number of ether oxygens (including phenoxy) is 1. The van der Waals surface area contributed by atoms with Crippen LogP contribution in [0, 0.1) is 10.1 Å². The van der Waals surface area contributed by atoms with Crippen LogP contribution in [0.25, 0.3) is 12.2 Å². The molecule has 2 aromatic rings. The van der Waals surface area contributed by atoms with Crippen molar-refractivity contribution in [1.82, 2.24) is 0 Å². The highest BCUT2D eigenvalue weighted by Gasteiger charge is 2.01. The van der Waals surface area contributed by atoms with Gasteiger partial charge < -0.3 is 4.74 Å². The fraction of sp³-hybridized carbons (Fsp3) is 0.182. The topological polar surface area (TPSA) is 52.4 Å². The van der Waals surface area contributed by atoms with Gasteiger partial charge in [0.05, 0.1) is 11.5 Å². The summed E-state index contributed by atoms with van der Waals surface area (Å²) >= 11 is 0. The van der Waals surface area contributed by atoms with E-state index in [1.807, 2.05) is 60.7 Å². The van der Waals surface area contributed by atoms with E-state index in [2.05, 4.69) is 6.92 Å². The summed E-state index contributed by atoms with van der Waals surface area (Å²) in [4.78, 5) is 10.2. The van der Waals surface area contributed by atoms with Crippen LogP contribution in [-0.4, -0.2) is 11.5 Å². The zero-order chi connectivity index (χ0) is 18.6. The van der Waals surface area contributed by atoms with Gasteiger partial charge in [-0.3, -0.25) is 10.1 Å². The Labute approximate surface area is 154 Å². The van der Waals surface area contributed by atoms with Gasteiger partial charge in [0.2, 0.25) is 0 Å². The molecule has 2 aromatic carbocycles. The van der Waals surface area contributed by atoms with Crippen molar-refractivity contribution < 1.29 is 9.66 Å². The van der Waals surface area contributed by atoms with Crippen LogP contribution in [0.5, 0.6) is 5.75 Å². The molecule has 0 spiro atoms. The number of allylic oxidation sites excluding steroid dienone is 4. The Kier molecular flexibility index (Phi) is 7.87. The molecule has 0 heterocycles. The molecule has 0 N–H and O–H groups in total. The Morgan fingerprint density at radius 3 is 2.35 bits per heavy atom. The second kappa shape index (κ2) is 10.7. The Morgan fingerprint density at radius 1 is 0.962 bits per heavy atom. The van der Waals surface area contributed by atoms with Crippen LogP contribution in [0.1, 0.15) is 30.9 Å². The predicted octanol–water partition coefficient (Wildman–Crippen LogP) is 6.06. The Balaban J connectivity index is 1.90. The summed E-state index contributed by atoms with van der Waals surface area (Å²) in [5.74, 6) is 0.895. The van der Waals surface area contributed by atoms with Crippen molar-refractivity contribution >= 4 is 17.8 Å². The molecule has 0 aromatic heterocycles. The molecule has 0 unspecified atom stereocenters. The monoisotopic (exact) mass is 349 g/mol. The lowest BCUT2D eigenvalue weighted by Gasteiger charge is -2.07. The van der Waals surface area contributed by atoms with Gasteiger partial charge in [0.15, 0.2) is 0 Å². The molecule has 0 aliphatic rings. The molecule has 0 bridgehead atoms. The van der Waals surface area contributed by atoms with Gasteiger partial charge in [-0.1, -0.05) is 68.0 Å². The maximum Gasteiger partial charge on any atom is 0.269 e. The Hall–Kier alpha value is -3.14. The van der Waals surface area contributed by atoms with Crippen molar-refractivity contribution in [3.63, 3.8) is 0 Å². The molecule has 4 nitrogen and oxygen atoms in total. The molecular weight excluding hydrogens is 326 g/mol. The maximum atomic E-state index is 10.6. The number of nitrogens with zero attached hydrogens (tertiary/aromatic N) is 1. The molecule has 0 saturated carbocycles. The first-order valence-electron chi connectivity index (χ1n) is 8.68. The van der Waals surface area contributed by atoms with E-state index in [-0.39, 0.29) is 5.69 Å². The van der Waals surface area contributed by atoms with Crippen LogP contribution in [0.3, 0.4) is 0 Å². The van der Waals surface area contributed by atoms with Crippen LogP contribution < -0.4 is 4.74 Å². The minimum absolute atomic E-state index is 0.0976. The van der Waals surface area contributed by atoms with Gasteiger partial charge in [0.1, 0.15) is 5.75 Å². The molecule has 0 fully saturated rings. The lowest BCUT2D eigenvalue weighted by molar-refractivity contribution is -0.384. The van der Waals surface area contributed by atoms with Crippen molar-refractivity contribution in [1.29, 1.82) is 0 Å². The largest absolute Gasteiger partial charge is 0.493 e. The lowest BCUT2D eigenvalue weighted by atomic mass is 10.2. The van der Waals surface area contributed by atoms with E-state index in [1.54, 1.807) is 12.1 Å². The Bertz CT molecular complexity index is 789. The van der Waals surface area contributed by atoms with Crippen LogP contribution in [-0.2, 0) is 0 Å². The first kappa shape index (κ1) is 19.2. The Morgan fingerprint density at radius 2 is 1.65 bits per heavy atom. The fourth-order valence-electron chi connectivity index (χ4n) is 2.24. The van der Waals surface area contributed by atoms with Gasteiger partial charge in [0.25, 0.3) is 5.69 Å². The van der Waals surface area contributed by atoms with Crippen LogP contribution in [0.4, 0.5) is 5.69 Å². The number of hydrogen-bond donors (Lipinski definition) is 0. The number of para-hydroxylation sites is 1. The van der Waals surface area contributed by atoms with E-state index in [0.29, 0.717) is 0 Å². The van der Waals surface area contributed by atoms with Gasteiger partial charge in [-0.2, -0.15) is 0 Å². The second-order valence-corrected chi connectivity index (χ2v) is 5.69. The third kappa shape index (κ3) is 6.40. The highest BCUT2D eigenvalue weighted by Crippen LogP contribution is 2.20. The maximum absolute atomic E-state index is 10.6. The third-order valence-electron chi connectivity index (χ3n) is 3.68. The normalized spacial score (nSPS) is 11.6. The zero-order valence-corrected chi connectivity index (χ0v) is 14.9. The zero-order valence-electron chi connectivity index (χ0n) is 14.9. The van der Waals surface area contributed by atoms with Crippen LogP contribution in [0.15, 0.2) is 72.8 Å². The minimum Gasteiger partial charge on any atom is -0.493 e. The number of unbranched alkanes of at least 4 members (excludes halogenated alkanes) is 1. The fourth-order valence-corrected chi connectivity index (χ4v) is 2.24. The number of nitro benzene ring substituents is 1. The molecule has 0 radical (unpaired) electrons. The van der Waals surface area contributed by atoms with Gasteiger partial charge in [-0.05, 0) is 30.2 Å². The predicted molar refractivity (Wildman–Crippen MR) is 107 cm³/mol. The molecule has 134 valence electrons. The molecule has 0 amide bonds. The highest BCUT2D eigenvalue weighted by atomic mass is 16.6. The van der Waals surface area contributed by atoms with E-state index in [1.165, 1.54) is 12.1 Å². The van der Waals surface area contributed by atoms with Crippen molar-refractivity contribution in [3.05, 3.63) is 94.1 Å². The van der Waals surface area contributed by atoms with Crippen molar-refractivity contribution in [3.8, 4) is 5.75 Å². The van der Waals surface area contributed by atoms with Gasteiger partial charge in [0, 0.05) is 17.7 Å². The smallest absolute Gasteiger partial charge is 0.269 e. The van der Waals surface area contributed by atoms with Gasteiger partial charge in [-0.25, -0.2) is 0 Å². The third-order valence-corrected chi connectivity index (χ3v) is 3.68. The van der Waals surface area contributed by atoms with E-state index in [0.717, 1.165) is 36.3 Å². The first-order chi connectivity index (χ1) is 12.7. The number of hydrogen-bond acceptors (Lipinski definition) is 3. The second-order valence-electron chi connectivity index (χ2n) is 5.69. The number of non-ortho nitro benzene ring substituents is 1. The SMILES string of the molecule is CCCCOc1ccccc1/C=C/C=C/C=C/c1ccc([N+](=O)[O-])cc1. The summed E-state index contributed by atoms with van der Waals surface area (Å²) in [5.41, 5.74) is 2.06. The van der Waals surface area contributed by atoms with Gasteiger partial charge in [-0.15, -0.1) is 0 Å². The van der Waals surface area contributed by atoms with Crippen molar-refractivity contribution in [2.24, 2.45) is 0 Å². The minimum atomic E-state index is -0.401. The summed E-state index contributed by atoms with van der Waals surface area (Å²) < 4.78 is 5.80. The highest BCUT2D eigenvalue weighted by molar-refractivity contribution is 5.59. The summed E-state index contributed by atoms with van der Waals surface area (Å²) in [6.07, 6.45) is 13.8. The summed E-state index contributed by atoms with van der Waals surface area (Å²) in [7, 11) is 0. The molecule has 0 aliphatic carbocycles. The first-order valence-corrected chi connectivity index (χ1v) is 8.68. The van der Waals surface area contributed by atoms with Crippen molar-refractivity contribution in [2.45, 2.75) is 19.8 Å². The molecule has 0 aliphatic heterocycles. The van der Waals surface area contributed by atoms with Gasteiger partial charge >= 0.3 is 0 Å². The quantitative estimate of drug-likeness (QED) is 0.239. The molecule has 4 heteroatoms. The van der Waals surface area contributed by atoms with E-state index in [9.17, 15) is 10.1 Å². The van der Waals surface area contributed by atoms with Crippen LogP contribution in [0.2, 0.25) is 0 Å². The molecule has 2 rings (SSSR count). The number of benzene rings is 2. The molecular formula is C22H23NO3. The number of nitro groups is 1. The van der Waals surface area contributed by atoms with Crippen molar-refractivity contribution in [2.75, 3.05) is 6.61 Å². The van der Waals surface area contributed by atoms with E-state index < -0.39 is 4.92 Å². The number of rotatable bonds is 9. The lowest BCUT2D eigenvalue weighted by Crippen LogP contribution is -1.97. The average Bonchev–Trinajstić information content (AvgIpc) is 2.66. The van der Waals surface area contributed by atoms with Crippen LogP contribution >= 0.6 is 0 Å². The molecule has 0 saturated heterocycles. The van der Waals surface area contributed by atoms with E-state index >= 15 is 0 Å². The standard InChI is InChI=1S/C22H23NO3/c1-2-3-18-26-22-13-9-8-12-20(22)11-7-5-4-6-10-19-14-16-21(17-15-19)23(24)25/h4-17H,2-3,18H2,1H3/b5-4+,10-6+,11-7+. The summed E-state index contributed by atoms with van der Waals surface area (Å²) in [6, 6.07) is 14.4. The molecule has 0 atom stereocenters. The summed E-state index contributed by atoms with van der Waals surface area (Å²) in [5, 5.41) is 10.6. The average molecular weight is 349 g/mol. The van der Waals surface area contributed by atoms with E-state index in [4.69, 9.17) is 4.74 Å².